The van der Waals surface area contributed by atoms with E-state index in [1.54, 1.807) is 61.8 Å². The van der Waals surface area contributed by atoms with Crippen molar-refractivity contribution in [3.8, 4) is 11.5 Å². The van der Waals surface area contributed by atoms with Gasteiger partial charge in [-0.1, -0.05) is 42.5 Å². The molecule has 0 bridgehead atoms. The molecule has 29 heavy (non-hydrogen) atoms. The molecule has 1 N–H and O–H groups in total. The molecular formula is C23H22N2O4. The van der Waals surface area contributed by atoms with Crippen molar-refractivity contribution in [2.24, 2.45) is 0 Å². The van der Waals surface area contributed by atoms with E-state index in [1.807, 2.05) is 19.9 Å². The fourth-order valence-electron chi connectivity index (χ4n) is 3.01. The molecule has 3 aromatic rings. The number of methoxy groups -OCH3 is 1. The number of carbonyl (C=O) groups excluding carboxylic acids is 2. The number of rotatable bonds is 6. The van der Waals surface area contributed by atoms with Gasteiger partial charge < -0.3 is 14.8 Å². The monoisotopic (exact) mass is 390 g/mol. The topological polar surface area (TPSA) is 77.5 Å². The first-order valence-corrected chi connectivity index (χ1v) is 9.14. The maximum Gasteiger partial charge on any atom is 0.412 e. The lowest BCUT2D eigenvalue weighted by Gasteiger charge is -2.13. The zero-order valence-corrected chi connectivity index (χ0v) is 16.6. The third-order valence-electron chi connectivity index (χ3n) is 4.49. The molecule has 0 aliphatic rings. The van der Waals surface area contributed by atoms with E-state index < -0.39 is 6.09 Å². The highest BCUT2D eigenvalue weighted by Crippen LogP contribution is 2.24. The fourth-order valence-corrected chi connectivity index (χ4v) is 3.01. The molecule has 0 radical (unpaired) electrons. The first kappa shape index (κ1) is 20.1. The minimum atomic E-state index is -0.630. The molecule has 0 unspecified atom stereocenters. The zero-order chi connectivity index (χ0) is 20.8. The van der Waals surface area contributed by atoms with E-state index in [0.717, 1.165) is 16.9 Å². The van der Waals surface area contributed by atoms with E-state index in [9.17, 15) is 9.59 Å². The number of aryl methyl sites for hydroxylation is 1. The Morgan fingerprint density at radius 2 is 1.72 bits per heavy atom. The quantitative estimate of drug-likeness (QED) is 0.638. The number of nitrogens with one attached hydrogen (secondary N) is 1. The van der Waals surface area contributed by atoms with Gasteiger partial charge in [0.05, 0.1) is 19.3 Å². The van der Waals surface area contributed by atoms with E-state index in [-0.39, 0.29) is 18.1 Å². The van der Waals surface area contributed by atoms with Crippen LogP contribution in [0.4, 0.5) is 4.79 Å². The van der Waals surface area contributed by atoms with Crippen LogP contribution in [0.1, 0.15) is 32.7 Å². The van der Waals surface area contributed by atoms with Crippen molar-refractivity contribution in [3.63, 3.8) is 0 Å². The molecule has 1 aromatic heterocycles. The first-order valence-electron chi connectivity index (χ1n) is 9.14. The molecular weight excluding hydrogens is 368 g/mol. The van der Waals surface area contributed by atoms with Crippen LogP contribution in [0, 0.1) is 13.8 Å². The van der Waals surface area contributed by atoms with Gasteiger partial charge in [0.2, 0.25) is 0 Å². The third kappa shape index (κ3) is 4.79. The first-order chi connectivity index (χ1) is 14.0. The average molecular weight is 390 g/mol. The smallest absolute Gasteiger partial charge is 0.412 e. The molecule has 0 saturated heterocycles. The van der Waals surface area contributed by atoms with Gasteiger partial charge in [-0.05, 0) is 26.0 Å². The Labute approximate surface area is 169 Å². The number of ether oxygens (including phenoxy) is 2. The maximum atomic E-state index is 12.5. The highest BCUT2D eigenvalue weighted by molar-refractivity contribution is 6.09. The molecule has 0 spiro atoms. The Morgan fingerprint density at radius 1 is 1.00 bits per heavy atom. The zero-order valence-electron chi connectivity index (χ0n) is 16.6. The molecule has 0 saturated carbocycles. The average Bonchev–Trinajstić information content (AvgIpc) is 2.74. The van der Waals surface area contributed by atoms with Gasteiger partial charge in [0.15, 0.2) is 5.78 Å². The number of hydrogen-bond acceptors (Lipinski definition) is 5. The summed E-state index contributed by atoms with van der Waals surface area (Å²) in [6.45, 7) is 4.00. The Morgan fingerprint density at radius 3 is 2.45 bits per heavy atom. The standard InChI is InChI=1S/C23H22N2O4/c1-15-13-24-20(16(2)22(15)28-3)14-25-23(27)29-19-11-7-10-18(12-19)21(26)17-8-5-4-6-9-17/h4-13H,14H2,1-3H3,(H,25,27). The lowest BCUT2D eigenvalue weighted by Crippen LogP contribution is -2.27. The van der Waals surface area contributed by atoms with E-state index in [2.05, 4.69) is 10.3 Å². The SMILES string of the molecule is COc1c(C)cnc(CNC(=O)Oc2cccc(C(=O)c3ccccc3)c2)c1C. The summed E-state index contributed by atoms with van der Waals surface area (Å²) in [5, 5.41) is 2.68. The number of carbonyl (C=O) groups is 2. The molecule has 2 aromatic carbocycles. The second kappa shape index (κ2) is 9.01. The number of amides is 1. The van der Waals surface area contributed by atoms with Crippen LogP contribution in [0.3, 0.4) is 0 Å². The predicted octanol–water partition coefficient (Wildman–Crippen LogP) is 4.23. The predicted molar refractivity (Wildman–Crippen MR) is 109 cm³/mol. The second-order valence-electron chi connectivity index (χ2n) is 6.51. The van der Waals surface area contributed by atoms with Crippen LogP contribution in [0.2, 0.25) is 0 Å². The van der Waals surface area contributed by atoms with Gasteiger partial charge in [-0.2, -0.15) is 0 Å². The van der Waals surface area contributed by atoms with Gasteiger partial charge in [-0.15, -0.1) is 0 Å². The van der Waals surface area contributed by atoms with Crippen LogP contribution >= 0.6 is 0 Å². The van der Waals surface area contributed by atoms with Crippen LogP contribution in [-0.4, -0.2) is 24.0 Å². The summed E-state index contributed by atoms with van der Waals surface area (Å²) in [7, 11) is 1.60. The highest BCUT2D eigenvalue weighted by atomic mass is 16.6. The van der Waals surface area contributed by atoms with E-state index in [0.29, 0.717) is 16.8 Å². The van der Waals surface area contributed by atoms with Gasteiger partial charge in [0.1, 0.15) is 11.5 Å². The summed E-state index contributed by atoms with van der Waals surface area (Å²) in [5.74, 6) is 0.899. The summed E-state index contributed by atoms with van der Waals surface area (Å²) in [6, 6.07) is 15.5. The minimum Gasteiger partial charge on any atom is -0.496 e. The number of hydrogen-bond donors (Lipinski definition) is 1. The van der Waals surface area contributed by atoms with Crippen molar-refractivity contribution in [1.29, 1.82) is 0 Å². The number of aromatic nitrogens is 1. The van der Waals surface area contributed by atoms with Crippen LogP contribution in [-0.2, 0) is 6.54 Å². The second-order valence-corrected chi connectivity index (χ2v) is 6.51. The van der Waals surface area contributed by atoms with Crippen LogP contribution in [0.15, 0.2) is 60.8 Å². The molecule has 0 atom stereocenters. The van der Waals surface area contributed by atoms with Gasteiger partial charge in [0.25, 0.3) is 0 Å². The summed E-state index contributed by atoms with van der Waals surface area (Å²) < 4.78 is 10.7. The minimum absolute atomic E-state index is 0.136. The van der Waals surface area contributed by atoms with Crippen molar-refractivity contribution in [1.82, 2.24) is 10.3 Å². The summed E-state index contributed by atoms with van der Waals surface area (Å²) >= 11 is 0. The van der Waals surface area contributed by atoms with Crippen LogP contribution in [0.5, 0.6) is 11.5 Å². The van der Waals surface area contributed by atoms with Crippen LogP contribution < -0.4 is 14.8 Å². The van der Waals surface area contributed by atoms with Crippen molar-refractivity contribution in [3.05, 3.63) is 88.7 Å². The summed E-state index contributed by atoms with van der Waals surface area (Å²) in [5.41, 5.74) is 3.50. The van der Waals surface area contributed by atoms with Crippen LogP contribution in [0.25, 0.3) is 0 Å². The lowest BCUT2D eigenvalue weighted by atomic mass is 10.0. The molecule has 6 heteroatoms. The van der Waals surface area contributed by atoms with Gasteiger partial charge >= 0.3 is 6.09 Å². The number of benzene rings is 2. The number of pyridine rings is 1. The molecule has 6 nitrogen and oxygen atoms in total. The van der Waals surface area contributed by atoms with E-state index in [4.69, 9.17) is 9.47 Å². The van der Waals surface area contributed by atoms with Gasteiger partial charge in [-0.3, -0.25) is 9.78 Å². The summed E-state index contributed by atoms with van der Waals surface area (Å²) in [4.78, 5) is 29.1. The fraction of sp³-hybridized carbons (Fsp3) is 0.174. The Hall–Kier alpha value is -3.67. The molecule has 0 aliphatic heterocycles. The molecule has 3 rings (SSSR count). The van der Waals surface area contributed by atoms with Crippen molar-refractivity contribution < 1.29 is 19.1 Å². The molecule has 0 fully saturated rings. The Balaban J connectivity index is 1.65. The van der Waals surface area contributed by atoms with Crippen molar-refractivity contribution >= 4 is 11.9 Å². The third-order valence-corrected chi connectivity index (χ3v) is 4.49. The molecule has 1 heterocycles. The Kier molecular flexibility index (Phi) is 6.24. The summed E-state index contributed by atoms with van der Waals surface area (Å²) in [6.07, 6.45) is 1.07. The number of ketones is 1. The molecule has 1 amide bonds. The molecule has 0 aliphatic carbocycles. The van der Waals surface area contributed by atoms with Crippen molar-refractivity contribution in [2.45, 2.75) is 20.4 Å². The normalized spacial score (nSPS) is 10.3. The number of nitrogens with zero attached hydrogens (tertiary/aromatic N) is 1. The molecule has 148 valence electrons. The maximum absolute atomic E-state index is 12.5. The van der Waals surface area contributed by atoms with Gasteiger partial charge in [-0.25, -0.2) is 4.79 Å². The largest absolute Gasteiger partial charge is 0.496 e. The van der Waals surface area contributed by atoms with E-state index in [1.165, 1.54) is 0 Å². The Bertz CT molecular complexity index is 1030. The van der Waals surface area contributed by atoms with Crippen molar-refractivity contribution in [2.75, 3.05) is 7.11 Å². The highest BCUT2D eigenvalue weighted by Gasteiger charge is 2.13. The van der Waals surface area contributed by atoms with Gasteiger partial charge in [0, 0.05) is 28.5 Å². The lowest BCUT2D eigenvalue weighted by molar-refractivity contribution is 0.103. The van der Waals surface area contributed by atoms with E-state index >= 15 is 0 Å².